The maximum absolute atomic E-state index is 11.9. The van der Waals surface area contributed by atoms with E-state index in [0.29, 0.717) is 5.13 Å². The van der Waals surface area contributed by atoms with E-state index in [1.807, 2.05) is 31.4 Å². The van der Waals surface area contributed by atoms with E-state index in [1.165, 1.54) is 16.9 Å². The number of nitrogens with zero attached hydrogens (tertiary/aromatic N) is 2. The van der Waals surface area contributed by atoms with Crippen molar-refractivity contribution in [3.05, 3.63) is 33.6 Å². The zero-order chi connectivity index (χ0) is 18.8. The van der Waals surface area contributed by atoms with Crippen molar-refractivity contribution < 1.29 is 9.53 Å². The van der Waals surface area contributed by atoms with Gasteiger partial charge in [0, 0.05) is 16.7 Å². The fourth-order valence-electron chi connectivity index (χ4n) is 2.59. The lowest BCUT2D eigenvalue weighted by atomic mass is 10.0. The number of nitrogens with one attached hydrogen (secondary N) is 1. The number of hydrogen-bond acceptors (Lipinski definition) is 5. The van der Waals surface area contributed by atoms with Crippen LogP contribution in [0.3, 0.4) is 0 Å². The topological polar surface area (TPSA) is 64.1 Å². The van der Waals surface area contributed by atoms with Gasteiger partial charge in [-0.1, -0.05) is 20.8 Å². The predicted molar refractivity (Wildman–Crippen MR) is 110 cm³/mol. The van der Waals surface area contributed by atoms with E-state index < -0.39 is 0 Å². The second kappa shape index (κ2) is 7.72. The molecule has 0 spiro atoms. The third-order valence-corrected chi connectivity index (χ3v) is 5.62. The Bertz CT molecular complexity index is 969. The molecule has 0 saturated heterocycles. The van der Waals surface area contributed by atoms with Gasteiger partial charge in [-0.3, -0.25) is 4.79 Å². The molecule has 0 aliphatic heterocycles. The Labute approximate surface area is 164 Å². The number of aryl methyl sites for hydroxylation is 1. The van der Waals surface area contributed by atoms with Crippen LogP contribution in [0.5, 0.6) is 5.75 Å². The molecule has 3 aromatic rings. The normalized spacial score (nSPS) is 11.2. The Morgan fingerprint density at radius 2 is 2.08 bits per heavy atom. The van der Waals surface area contributed by atoms with Crippen molar-refractivity contribution in [1.29, 1.82) is 0 Å². The number of halogens is 1. The van der Waals surface area contributed by atoms with Crippen LogP contribution in [0.4, 0.5) is 5.13 Å². The molecule has 1 amide bonds. The highest BCUT2D eigenvalue weighted by molar-refractivity contribution is 9.10. The third-order valence-electron chi connectivity index (χ3n) is 4.09. The van der Waals surface area contributed by atoms with Crippen LogP contribution in [-0.4, -0.2) is 23.0 Å². The van der Waals surface area contributed by atoms with E-state index in [0.717, 1.165) is 38.9 Å². The summed E-state index contributed by atoms with van der Waals surface area (Å²) in [5.41, 5.74) is 3.57. The summed E-state index contributed by atoms with van der Waals surface area (Å²) in [5, 5.41) is 6.43. The van der Waals surface area contributed by atoms with Gasteiger partial charge in [-0.2, -0.15) is 0 Å². The maximum Gasteiger partial charge on any atom is 0.228 e. The molecular formula is C19H20BrN3O2S. The fourth-order valence-corrected chi connectivity index (χ4v) is 3.89. The van der Waals surface area contributed by atoms with Gasteiger partial charge in [-0.15, -0.1) is 11.3 Å². The van der Waals surface area contributed by atoms with Crippen LogP contribution >= 0.6 is 27.3 Å². The van der Waals surface area contributed by atoms with Crippen LogP contribution in [0.25, 0.3) is 22.3 Å². The molecule has 0 aliphatic carbocycles. The number of fused-ring (bicyclic) bond motifs is 1. The summed E-state index contributed by atoms with van der Waals surface area (Å²) in [6.45, 7) is 5.83. The lowest BCUT2D eigenvalue weighted by Gasteiger charge is -2.11. The molecule has 0 atom stereocenters. The zero-order valence-corrected chi connectivity index (χ0v) is 17.5. The summed E-state index contributed by atoms with van der Waals surface area (Å²) < 4.78 is 6.23. The SMILES string of the molecule is CCc1cc(-c2csc(NC(=O)C(C)C)n2)nc2c(Br)c(OC)ccc12. The van der Waals surface area contributed by atoms with E-state index in [1.54, 1.807) is 7.11 Å². The first-order valence-corrected chi connectivity index (χ1v) is 10.0. The highest BCUT2D eigenvalue weighted by atomic mass is 79.9. The third kappa shape index (κ3) is 3.59. The summed E-state index contributed by atoms with van der Waals surface area (Å²) in [6.07, 6.45) is 0.881. The number of carbonyl (C=O) groups excluding carboxylic acids is 1. The Hall–Kier alpha value is -1.99. The molecule has 0 saturated carbocycles. The average molecular weight is 434 g/mol. The Kier molecular flexibility index (Phi) is 5.58. The maximum atomic E-state index is 11.9. The number of aromatic nitrogens is 2. The molecule has 26 heavy (non-hydrogen) atoms. The quantitative estimate of drug-likeness (QED) is 0.593. The van der Waals surface area contributed by atoms with Crippen molar-refractivity contribution in [2.45, 2.75) is 27.2 Å². The second-order valence-corrected chi connectivity index (χ2v) is 7.83. The Morgan fingerprint density at radius 3 is 2.73 bits per heavy atom. The number of hydrogen-bond donors (Lipinski definition) is 1. The van der Waals surface area contributed by atoms with Gasteiger partial charge in [0.05, 0.1) is 22.8 Å². The minimum atomic E-state index is -0.0868. The molecular weight excluding hydrogens is 414 g/mol. The summed E-state index contributed by atoms with van der Waals surface area (Å²) in [7, 11) is 1.64. The molecule has 5 nitrogen and oxygen atoms in total. The average Bonchev–Trinajstić information content (AvgIpc) is 3.09. The molecule has 0 aliphatic rings. The number of carbonyl (C=O) groups is 1. The van der Waals surface area contributed by atoms with Crippen molar-refractivity contribution in [3.8, 4) is 17.1 Å². The highest BCUT2D eigenvalue weighted by Gasteiger charge is 2.15. The predicted octanol–water partition coefficient (Wildman–Crippen LogP) is 5.29. The van der Waals surface area contributed by atoms with Crippen molar-refractivity contribution in [2.24, 2.45) is 5.92 Å². The minimum absolute atomic E-state index is 0.0425. The summed E-state index contributed by atoms with van der Waals surface area (Å²) in [6, 6.07) is 6.03. The van der Waals surface area contributed by atoms with Gasteiger partial charge in [0.2, 0.25) is 5.91 Å². The summed E-state index contributed by atoms with van der Waals surface area (Å²) in [4.78, 5) is 21.2. The second-order valence-electron chi connectivity index (χ2n) is 6.18. The molecule has 0 bridgehead atoms. The van der Waals surface area contributed by atoms with Crippen LogP contribution < -0.4 is 10.1 Å². The van der Waals surface area contributed by atoms with Gasteiger partial charge in [0.25, 0.3) is 0 Å². The van der Waals surface area contributed by atoms with Crippen molar-refractivity contribution in [2.75, 3.05) is 12.4 Å². The molecule has 2 aromatic heterocycles. The van der Waals surface area contributed by atoms with Crippen molar-refractivity contribution in [3.63, 3.8) is 0 Å². The first-order valence-electron chi connectivity index (χ1n) is 8.37. The van der Waals surface area contributed by atoms with E-state index in [9.17, 15) is 4.79 Å². The van der Waals surface area contributed by atoms with Gasteiger partial charge in [-0.05, 0) is 46.1 Å². The largest absolute Gasteiger partial charge is 0.495 e. The van der Waals surface area contributed by atoms with Crippen LogP contribution in [-0.2, 0) is 11.2 Å². The van der Waals surface area contributed by atoms with Gasteiger partial charge in [-0.25, -0.2) is 9.97 Å². The molecule has 0 fully saturated rings. The number of benzene rings is 1. The lowest BCUT2D eigenvalue weighted by molar-refractivity contribution is -0.118. The lowest BCUT2D eigenvalue weighted by Crippen LogP contribution is -2.17. The first-order chi connectivity index (χ1) is 12.4. The molecule has 1 aromatic carbocycles. The van der Waals surface area contributed by atoms with Crippen LogP contribution in [0.15, 0.2) is 28.1 Å². The van der Waals surface area contributed by atoms with E-state index in [-0.39, 0.29) is 11.8 Å². The molecule has 0 radical (unpaired) electrons. The standard InChI is InChI=1S/C19H20BrN3O2S/c1-5-11-8-13(14-9-26-19(22-14)23-18(24)10(2)3)21-17-12(11)6-7-15(25-4)16(17)20/h6-10H,5H2,1-4H3,(H,22,23,24). The highest BCUT2D eigenvalue weighted by Crippen LogP contribution is 2.36. The molecule has 3 rings (SSSR count). The van der Waals surface area contributed by atoms with E-state index in [4.69, 9.17) is 9.72 Å². The number of thiazole rings is 1. The van der Waals surface area contributed by atoms with Gasteiger partial charge in [0.15, 0.2) is 5.13 Å². The fraction of sp³-hybridized carbons (Fsp3) is 0.316. The van der Waals surface area contributed by atoms with Crippen LogP contribution in [0.2, 0.25) is 0 Å². The monoisotopic (exact) mass is 433 g/mol. The number of pyridine rings is 1. The van der Waals surface area contributed by atoms with Crippen molar-refractivity contribution in [1.82, 2.24) is 9.97 Å². The number of anilines is 1. The Balaban J connectivity index is 2.07. The van der Waals surface area contributed by atoms with E-state index >= 15 is 0 Å². The number of ether oxygens (including phenoxy) is 1. The minimum Gasteiger partial charge on any atom is -0.495 e. The van der Waals surface area contributed by atoms with Crippen LogP contribution in [0, 0.1) is 5.92 Å². The smallest absolute Gasteiger partial charge is 0.228 e. The first kappa shape index (κ1) is 18.8. The van der Waals surface area contributed by atoms with Gasteiger partial charge >= 0.3 is 0 Å². The molecule has 2 heterocycles. The molecule has 1 N–H and O–H groups in total. The van der Waals surface area contributed by atoms with Gasteiger partial charge < -0.3 is 10.1 Å². The summed E-state index contributed by atoms with van der Waals surface area (Å²) >= 11 is 5.01. The Morgan fingerprint density at radius 1 is 1.31 bits per heavy atom. The van der Waals surface area contributed by atoms with E-state index in [2.05, 4.69) is 39.2 Å². The zero-order valence-electron chi connectivity index (χ0n) is 15.1. The van der Waals surface area contributed by atoms with Gasteiger partial charge in [0.1, 0.15) is 11.4 Å². The number of amides is 1. The molecule has 136 valence electrons. The summed E-state index contributed by atoms with van der Waals surface area (Å²) in [5.74, 6) is 0.614. The van der Waals surface area contributed by atoms with Crippen LogP contribution in [0.1, 0.15) is 26.3 Å². The number of rotatable bonds is 5. The molecule has 7 heteroatoms. The van der Waals surface area contributed by atoms with Crippen molar-refractivity contribution >= 4 is 49.2 Å². The molecule has 0 unspecified atom stereocenters. The number of methoxy groups -OCH3 is 1.